The van der Waals surface area contributed by atoms with Crippen molar-refractivity contribution in [2.45, 2.75) is 337 Å². The Morgan fingerprint density at radius 3 is 0.928 bits per heavy atom. The molecule has 0 aliphatic rings. The lowest BCUT2D eigenvalue weighted by atomic mass is 9.95. The summed E-state index contributed by atoms with van der Waals surface area (Å²) < 4.78 is 3.89. The summed E-state index contributed by atoms with van der Waals surface area (Å²) in [4.78, 5) is 86.5. The first kappa shape index (κ1) is 107. The number of rotatable bonds is 53. The van der Waals surface area contributed by atoms with Gasteiger partial charge in [0.2, 0.25) is 11.8 Å². The number of amides is 3. The summed E-state index contributed by atoms with van der Waals surface area (Å²) in [7, 11) is 0. The Kier molecular flexibility index (Phi) is 50.5. The average Bonchev–Trinajstić information content (AvgIpc) is 0.706. The number of pyridine rings is 3. The van der Waals surface area contributed by atoms with E-state index in [-0.39, 0.29) is 69.7 Å². The number of unbranched alkanes of at least 4 members (excludes halogenated alkanes) is 7. The molecule has 3 amide bonds. The maximum absolute atomic E-state index is 13.8. The number of carbonyl (C=O) groups excluding carboxylic acids is 3. The number of nitriles is 3. The molecule has 6 atom stereocenters. The van der Waals surface area contributed by atoms with Crippen LogP contribution in [0.2, 0.25) is 0 Å². The second-order valence-electron chi connectivity index (χ2n) is 33.7. The topological polar surface area (TPSA) is 313 Å². The molecule has 0 spiro atoms. The molecule has 23 nitrogen and oxygen atoms in total. The van der Waals surface area contributed by atoms with E-state index in [0.29, 0.717) is 130 Å². The average molecular weight is 1720 g/mol. The third-order valence-corrected chi connectivity index (χ3v) is 24.7. The van der Waals surface area contributed by atoms with E-state index in [2.05, 4.69) is 135 Å². The molecule has 0 fully saturated rings. The van der Waals surface area contributed by atoms with Crippen molar-refractivity contribution in [1.29, 1.82) is 15.8 Å². The molecule has 0 radical (unpaired) electrons. The lowest BCUT2D eigenvalue weighted by Crippen LogP contribution is -2.39. The molecule has 6 aromatic rings. The Morgan fingerprint density at radius 2 is 0.648 bits per heavy atom. The van der Waals surface area contributed by atoms with Gasteiger partial charge in [-0.15, -0.1) is 15.3 Å². The van der Waals surface area contributed by atoms with Gasteiger partial charge in [-0.3, -0.25) is 37.9 Å². The SMILES string of the molecule is CCCCC(CC)CN(CC(CC)CCCC)C(=O)c1ccc(N=Nc2c(C)c(C#N)c(O)n(CCCC)c2=O)cc1.CCCCC(CC)CN(CC(CC)CCCC)C(=O)c1ccc(N=Nc2c(CC)c(C#N)c(O)n(CC)c2=O)cc1.CCCCC(CC)CN(CC(CC)CCCC)C(=O)c1ccc(N=Nc2c(CCC)c(C#N)c(=O)n(CC)c2C)cc1. The fourth-order valence-electron chi connectivity index (χ4n) is 16.2. The van der Waals surface area contributed by atoms with Gasteiger partial charge >= 0.3 is 0 Å². The minimum absolute atomic E-state index is 0.0225. The smallest absolute Gasteiger partial charge is 0.281 e. The highest BCUT2D eigenvalue weighted by Crippen LogP contribution is 2.34. The van der Waals surface area contributed by atoms with Crippen LogP contribution in [0.5, 0.6) is 11.8 Å². The van der Waals surface area contributed by atoms with Gasteiger partial charge in [-0.1, -0.05) is 232 Å². The third kappa shape index (κ3) is 32.3. The van der Waals surface area contributed by atoms with Crippen molar-refractivity contribution in [2.75, 3.05) is 39.3 Å². The van der Waals surface area contributed by atoms with Crippen LogP contribution in [0.4, 0.5) is 34.1 Å². The molecular weight excluding hydrogens is 1560 g/mol. The second-order valence-corrected chi connectivity index (χ2v) is 33.7. The van der Waals surface area contributed by atoms with Gasteiger partial charge in [0.15, 0.2) is 11.4 Å². The molecule has 6 unspecified atom stereocenters. The maximum Gasteiger partial charge on any atom is 0.281 e. The molecular formula is C102H153N15O8. The van der Waals surface area contributed by atoms with E-state index in [9.17, 15) is 54.8 Å². The summed E-state index contributed by atoms with van der Waals surface area (Å²) in [6.07, 6.45) is 30.5. The highest BCUT2D eigenvalue weighted by molar-refractivity contribution is 5.96. The molecule has 0 saturated carbocycles. The Morgan fingerprint density at radius 1 is 0.352 bits per heavy atom. The van der Waals surface area contributed by atoms with Crippen LogP contribution in [-0.4, -0.2) is 95.6 Å². The van der Waals surface area contributed by atoms with Gasteiger partial charge in [0.25, 0.3) is 34.4 Å². The predicted octanol–water partition coefficient (Wildman–Crippen LogP) is 26.4. The molecule has 3 aromatic carbocycles. The molecule has 0 aliphatic carbocycles. The first-order chi connectivity index (χ1) is 60.3. The highest BCUT2D eigenvalue weighted by Gasteiger charge is 2.29. The van der Waals surface area contributed by atoms with E-state index in [1.165, 1.54) is 55.9 Å². The zero-order chi connectivity index (χ0) is 92.5. The number of carbonyl (C=O) groups is 3. The first-order valence-electron chi connectivity index (χ1n) is 47.7. The Bertz CT molecular complexity index is 4640. The number of aromatic nitrogens is 3. The van der Waals surface area contributed by atoms with Crippen LogP contribution < -0.4 is 16.7 Å². The molecule has 2 N–H and O–H groups in total. The van der Waals surface area contributed by atoms with E-state index in [0.717, 1.165) is 159 Å². The standard InChI is InChI=1S/C35H53N5O2.C34H51N5O3.C33H49N5O3/c1-8-14-17-27(11-4)24-39(25-28(12-5)18-15-9-2)34(41)29-19-21-30(22-20-29)37-38-33-26(7)40(13-6)35(42)32(23-36)31(33)16-10-3;1-7-12-15-26(10-4)23-38(24-27(11-5)16-13-8-2)32(40)28-17-19-29(20-18-28)36-37-31-25(6)30(22-35)33(41)39(34(31)42)21-14-9-3;1-7-13-15-24(9-3)22-37(23-25(10-4)16-14-8-2)31(39)26-17-19-27(20-18-26)35-36-30-28(11-5)29(21-34)32(40)38(12-6)33(30)41/h19-22,27-28H,8-18,24-25H2,1-7H3;17-20,26-27,41H,7-16,21,23-24H2,1-6H3;17-20,24-25,40H,7-16,22-23H2,1-6H3. The number of nitrogens with zero attached hydrogens (tertiary/aromatic N) is 15. The van der Waals surface area contributed by atoms with Crippen molar-refractivity contribution in [3.05, 3.63) is 160 Å². The molecule has 23 heteroatoms. The molecule has 6 rings (SSSR count). The zero-order valence-corrected chi connectivity index (χ0v) is 79.8. The first-order valence-corrected chi connectivity index (χ1v) is 47.7. The van der Waals surface area contributed by atoms with Crippen LogP contribution in [0, 0.1) is 83.3 Å². The molecule has 125 heavy (non-hydrogen) atoms. The zero-order valence-electron chi connectivity index (χ0n) is 79.8. The summed E-state index contributed by atoms with van der Waals surface area (Å²) in [5.41, 5.74) is 5.14. The molecule has 0 saturated heterocycles. The van der Waals surface area contributed by atoms with E-state index < -0.39 is 11.1 Å². The van der Waals surface area contributed by atoms with Crippen LogP contribution in [-0.2, 0) is 32.5 Å². The third-order valence-electron chi connectivity index (χ3n) is 24.7. The van der Waals surface area contributed by atoms with Crippen LogP contribution in [0.25, 0.3) is 0 Å². The number of benzene rings is 3. The number of azo groups is 3. The fraction of sp³-hybridized carbons (Fsp3) is 0.618. The van der Waals surface area contributed by atoms with Crippen molar-refractivity contribution in [2.24, 2.45) is 66.2 Å². The van der Waals surface area contributed by atoms with Gasteiger partial charge in [0, 0.05) is 98.0 Å². The molecule has 3 heterocycles. The minimum atomic E-state index is -0.492. The number of hydrogen-bond acceptors (Lipinski definition) is 17. The molecule has 0 aliphatic heterocycles. The summed E-state index contributed by atoms with van der Waals surface area (Å²) in [5.74, 6) is 2.44. The van der Waals surface area contributed by atoms with Crippen LogP contribution in [0.15, 0.2) is 118 Å². The predicted molar refractivity (Wildman–Crippen MR) is 508 cm³/mol. The van der Waals surface area contributed by atoms with Gasteiger partial charge in [-0.2, -0.15) is 31.1 Å². The van der Waals surface area contributed by atoms with Crippen molar-refractivity contribution in [1.82, 2.24) is 28.4 Å². The fourth-order valence-corrected chi connectivity index (χ4v) is 16.2. The van der Waals surface area contributed by atoms with Gasteiger partial charge in [0.1, 0.15) is 40.6 Å². The molecule has 684 valence electrons. The van der Waals surface area contributed by atoms with Crippen LogP contribution >= 0.6 is 0 Å². The van der Waals surface area contributed by atoms with E-state index in [4.69, 9.17) is 0 Å². The van der Waals surface area contributed by atoms with E-state index >= 15 is 0 Å². The Hall–Kier alpha value is -10.2. The van der Waals surface area contributed by atoms with Gasteiger partial charge in [0.05, 0.1) is 17.1 Å². The second kappa shape index (κ2) is 58.9. The lowest BCUT2D eigenvalue weighted by Gasteiger charge is -2.31. The maximum atomic E-state index is 13.8. The highest BCUT2D eigenvalue weighted by atomic mass is 16.3. The minimum Gasteiger partial charge on any atom is -0.493 e. The Balaban J connectivity index is 0.000000393. The van der Waals surface area contributed by atoms with Crippen molar-refractivity contribution < 1.29 is 24.6 Å². The summed E-state index contributed by atoms with van der Waals surface area (Å²) >= 11 is 0. The quantitative estimate of drug-likeness (QED) is 0.0338. The van der Waals surface area contributed by atoms with Crippen molar-refractivity contribution in [3.8, 4) is 30.0 Å². The molecule has 3 aromatic heterocycles. The normalized spacial score (nSPS) is 12.8. The van der Waals surface area contributed by atoms with Gasteiger partial charge < -0.3 is 29.5 Å². The van der Waals surface area contributed by atoms with E-state index in [1.807, 2.05) is 64.1 Å². The summed E-state index contributed by atoms with van der Waals surface area (Å²) in [6, 6.07) is 27.4. The molecule has 0 bridgehead atoms. The van der Waals surface area contributed by atoms with Crippen molar-refractivity contribution >= 4 is 51.8 Å². The Labute approximate surface area is 749 Å². The monoisotopic (exact) mass is 1720 g/mol. The number of hydrogen-bond donors (Lipinski definition) is 2. The van der Waals surface area contributed by atoms with Crippen LogP contribution in [0.3, 0.4) is 0 Å². The van der Waals surface area contributed by atoms with Gasteiger partial charge in [-0.05, 0) is 194 Å². The largest absolute Gasteiger partial charge is 0.493 e. The van der Waals surface area contributed by atoms with E-state index in [1.54, 1.807) is 73.9 Å². The number of aromatic hydroxyl groups is 2. The summed E-state index contributed by atoms with van der Waals surface area (Å²) in [6.45, 7) is 45.1. The summed E-state index contributed by atoms with van der Waals surface area (Å²) in [5, 5.41) is 75.6. The van der Waals surface area contributed by atoms with Crippen LogP contribution in [0.1, 0.15) is 361 Å². The van der Waals surface area contributed by atoms with Gasteiger partial charge in [-0.25, -0.2) is 0 Å². The lowest BCUT2D eigenvalue weighted by molar-refractivity contribution is 0.0678. The van der Waals surface area contributed by atoms with Crippen molar-refractivity contribution in [3.63, 3.8) is 0 Å².